The molecule has 0 radical (unpaired) electrons. The predicted octanol–water partition coefficient (Wildman–Crippen LogP) is 3.28. The Kier molecular flexibility index (Phi) is 14.9. The van der Waals surface area contributed by atoms with Gasteiger partial charge in [-0.05, 0) is 32.5 Å². The van der Waals surface area contributed by atoms with Gasteiger partial charge in [0.25, 0.3) is 0 Å². The Morgan fingerprint density at radius 1 is 1.12 bits per heavy atom. The number of guanidine groups is 1. The van der Waals surface area contributed by atoms with E-state index in [9.17, 15) is 0 Å². The second kappa shape index (κ2) is 15.4. The fourth-order valence-corrected chi connectivity index (χ4v) is 2.42. The Morgan fingerprint density at radius 2 is 1.80 bits per heavy atom. The lowest BCUT2D eigenvalue weighted by molar-refractivity contribution is 0.129. The molecule has 1 aromatic carbocycles. The van der Waals surface area contributed by atoms with Crippen molar-refractivity contribution in [3.63, 3.8) is 0 Å². The number of unbranched alkanes of at least 4 members (excludes halogenated alkanes) is 1. The molecule has 0 bridgehead atoms. The first kappa shape index (κ1) is 24.1. The van der Waals surface area contributed by atoms with Crippen LogP contribution in [0.25, 0.3) is 0 Å². The number of benzene rings is 1. The minimum Gasteiger partial charge on any atom is -0.381 e. The van der Waals surface area contributed by atoms with Gasteiger partial charge in [-0.3, -0.25) is 4.99 Å². The highest BCUT2D eigenvalue weighted by Crippen LogP contribution is 2.16. The number of halogens is 1. The molecule has 1 rings (SSSR count). The molecular weight excluding hydrogens is 427 g/mol. The van der Waals surface area contributed by atoms with Crippen LogP contribution >= 0.6 is 24.0 Å². The quantitative estimate of drug-likeness (QED) is 0.229. The second-order valence-electron chi connectivity index (χ2n) is 6.09. The molecule has 2 N–H and O–H groups in total. The maximum Gasteiger partial charge on any atom is 0.191 e. The van der Waals surface area contributed by atoms with Crippen LogP contribution in [0.4, 0.5) is 0 Å². The molecule has 0 amide bonds. The van der Waals surface area contributed by atoms with E-state index in [-0.39, 0.29) is 24.0 Å². The molecule has 0 aromatic heterocycles. The van der Waals surface area contributed by atoms with Crippen molar-refractivity contribution in [1.82, 2.24) is 15.5 Å². The third-order valence-corrected chi connectivity index (χ3v) is 3.89. The van der Waals surface area contributed by atoms with Crippen molar-refractivity contribution in [2.24, 2.45) is 4.99 Å². The highest BCUT2D eigenvalue weighted by molar-refractivity contribution is 14.0. The van der Waals surface area contributed by atoms with Crippen LogP contribution in [0, 0.1) is 0 Å². The minimum atomic E-state index is 0. The van der Waals surface area contributed by atoms with Gasteiger partial charge in [0.2, 0.25) is 0 Å². The summed E-state index contributed by atoms with van der Waals surface area (Å²) in [6.45, 7) is 5.52. The number of rotatable bonds is 11. The van der Waals surface area contributed by atoms with Crippen molar-refractivity contribution >= 4 is 29.9 Å². The minimum absolute atomic E-state index is 0. The Hall–Kier alpha value is -0.860. The largest absolute Gasteiger partial charge is 0.381 e. The summed E-state index contributed by atoms with van der Waals surface area (Å²) < 4.78 is 5.57. The average molecular weight is 462 g/mol. The molecule has 6 heteroatoms. The summed E-state index contributed by atoms with van der Waals surface area (Å²) in [6.07, 6.45) is 3.31. The molecule has 0 spiro atoms. The number of hydrogen-bond acceptors (Lipinski definition) is 3. The first-order chi connectivity index (χ1) is 11.7. The molecule has 0 saturated heterocycles. The van der Waals surface area contributed by atoms with Gasteiger partial charge < -0.3 is 20.3 Å². The predicted molar refractivity (Wildman–Crippen MR) is 118 cm³/mol. The summed E-state index contributed by atoms with van der Waals surface area (Å²) >= 11 is 0. The molecule has 0 aliphatic carbocycles. The number of nitrogens with one attached hydrogen (secondary N) is 2. The smallest absolute Gasteiger partial charge is 0.191 e. The topological polar surface area (TPSA) is 48.9 Å². The Balaban J connectivity index is 0.00000576. The number of hydrogen-bond donors (Lipinski definition) is 2. The summed E-state index contributed by atoms with van der Waals surface area (Å²) in [5.74, 6) is 0.839. The van der Waals surface area contributed by atoms with Crippen molar-refractivity contribution in [2.45, 2.75) is 32.2 Å². The maximum atomic E-state index is 5.57. The van der Waals surface area contributed by atoms with E-state index in [0.717, 1.165) is 45.1 Å². The van der Waals surface area contributed by atoms with E-state index in [1.165, 1.54) is 12.0 Å². The molecular formula is C19H35IN4O. The van der Waals surface area contributed by atoms with E-state index in [1.807, 2.05) is 6.07 Å². The third-order valence-electron chi connectivity index (χ3n) is 3.89. The monoisotopic (exact) mass is 462 g/mol. The van der Waals surface area contributed by atoms with Crippen LogP contribution in [0.2, 0.25) is 0 Å². The van der Waals surface area contributed by atoms with Gasteiger partial charge in [-0.15, -0.1) is 24.0 Å². The highest BCUT2D eigenvalue weighted by atomic mass is 127. The summed E-state index contributed by atoms with van der Waals surface area (Å²) in [4.78, 5) is 6.51. The fraction of sp³-hybridized carbons (Fsp3) is 0.632. The van der Waals surface area contributed by atoms with E-state index in [2.05, 4.69) is 65.8 Å². The average Bonchev–Trinajstić information content (AvgIpc) is 2.60. The number of ether oxygens (including phenoxy) is 1. The van der Waals surface area contributed by atoms with Gasteiger partial charge in [-0.1, -0.05) is 43.7 Å². The van der Waals surface area contributed by atoms with Crippen LogP contribution < -0.4 is 10.6 Å². The van der Waals surface area contributed by atoms with Gasteiger partial charge in [0.15, 0.2) is 5.96 Å². The summed E-state index contributed by atoms with van der Waals surface area (Å²) in [7, 11) is 6.01. The number of nitrogens with zero attached hydrogens (tertiary/aromatic N) is 2. The van der Waals surface area contributed by atoms with Crippen molar-refractivity contribution in [3.05, 3.63) is 35.9 Å². The number of likely N-dealkylation sites (N-methyl/N-ethyl adjacent to an activating group) is 1. The molecule has 0 heterocycles. The normalized spacial score (nSPS) is 12.6. The van der Waals surface area contributed by atoms with Crippen LogP contribution in [-0.4, -0.2) is 58.3 Å². The Bertz CT molecular complexity index is 454. The molecule has 0 aliphatic heterocycles. The zero-order chi connectivity index (χ0) is 17.6. The molecule has 1 unspecified atom stereocenters. The summed E-state index contributed by atoms with van der Waals surface area (Å²) in [6, 6.07) is 10.8. The second-order valence-corrected chi connectivity index (χ2v) is 6.09. The highest BCUT2D eigenvalue weighted by Gasteiger charge is 2.14. The lowest BCUT2D eigenvalue weighted by Crippen LogP contribution is -2.42. The van der Waals surface area contributed by atoms with Crippen LogP contribution in [0.15, 0.2) is 35.3 Å². The van der Waals surface area contributed by atoms with Gasteiger partial charge >= 0.3 is 0 Å². The first-order valence-electron chi connectivity index (χ1n) is 8.92. The van der Waals surface area contributed by atoms with Gasteiger partial charge in [0, 0.05) is 33.4 Å². The standard InChI is InChI=1S/C19H34N4O.HI/c1-5-6-14-24-15-10-13-21-19(20-2)22-16-18(23(3)4)17-11-8-7-9-12-17;/h7-9,11-12,18H,5-6,10,13-16H2,1-4H3,(H2,20,21,22);1H. The molecule has 0 aliphatic rings. The van der Waals surface area contributed by atoms with Gasteiger partial charge in [-0.25, -0.2) is 0 Å². The van der Waals surface area contributed by atoms with E-state index in [1.54, 1.807) is 7.05 Å². The van der Waals surface area contributed by atoms with Crippen LogP contribution in [-0.2, 0) is 4.74 Å². The Labute approximate surface area is 170 Å². The van der Waals surface area contributed by atoms with Crippen LogP contribution in [0.5, 0.6) is 0 Å². The van der Waals surface area contributed by atoms with E-state index < -0.39 is 0 Å². The summed E-state index contributed by atoms with van der Waals surface area (Å²) in [5, 5.41) is 6.76. The number of aliphatic imine (C=N–C) groups is 1. The molecule has 0 fully saturated rings. The van der Waals surface area contributed by atoms with Crippen LogP contribution in [0.3, 0.4) is 0 Å². The van der Waals surface area contributed by atoms with Gasteiger partial charge in [0.1, 0.15) is 0 Å². The third kappa shape index (κ3) is 10.7. The van der Waals surface area contributed by atoms with Gasteiger partial charge in [-0.2, -0.15) is 0 Å². The maximum absolute atomic E-state index is 5.57. The zero-order valence-corrected chi connectivity index (χ0v) is 18.5. The van der Waals surface area contributed by atoms with Crippen molar-refractivity contribution in [3.8, 4) is 0 Å². The zero-order valence-electron chi connectivity index (χ0n) is 16.1. The lowest BCUT2D eigenvalue weighted by atomic mass is 10.1. The van der Waals surface area contributed by atoms with Crippen LogP contribution in [0.1, 0.15) is 37.8 Å². The molecule has 1 atom stereocenters. The Morgan fingerprint density at radius 3 is 2.40 bits per heavy atom. The molecule has 5 nitrogen and oxygen atoms in total. The fourth-order valence-electron chi connectivity index (χ4n) is 2.42. The van der Waals surface area contributed by atoms with Crippen molar-refractivity contribution in [1.29, 1.82) is 0 Å². The van der Waals surface area contributed by atoms with E-state index in [0.29, 0.717) is 6.04 Å². The van der Waals surface area contributed by atoms with E-state index >= 15 is 0 Å². The molecule has 1 aromatic rings. The van der Waals surface area contributed by atoms with Crippen molar-refractivity contribution < 1.29 is 4.74 Å². The molecule has 144 valence electrons. The van der Waals surface area contributed by atoms with Gasteiger partial charge in [0.05, 0.1) is 6.04 Å². The molecule has 25 heavy (non-hydrogen) atoms. The summed E-state index contributed by atoms with van der Waals surface area (Å²) in [5.41, 5.74) is 1.30. The van der Waals surface area contributed by atoms with Crippen molar-refractivity contribution in [2.75, 3.05) is 47.4 Å². The SMILES string of the molecule is CCCCOCCCNC(=NC)NCC(c1ccccc1)N(C)C.I. The first-order valence-corrected chi connectivity index (χ1v) is 8.92. The molecule has 0 saturated carbocycles. The lowest BCUT2D eigenvalue weighted by Gasteiger charge is -2.26. The van der Waals surface area contributed by atoms with E-state index in [4.69, 9.17) is 4.74 Å².